The van der Waals surface area contributed by atoms with E-state index in [0.717, 1.165) is 25.3 Å². The van der Waals surface area contributed by atoms with Gasteiger partial charge in [0.1, 0.15) is 0 Å². The Labute approximate surface area is 127 Å². The van der Waals surface area contributed by atoms with Crippen molar-refractivity contribution in [1.82, 2.24) is 14.9 Å². The van der Waals surface area contributed by atoms with Gasteiger partial charge >= 0.3 is 0 Å². The van der Waals surface area contributed by atoms with Gasteiger partial charge in [0.2, 0.25) is 10.0 Å². The van der Waals surface area contributed by atoms with Gasteiger partial charge in [-0.3, -0.25) is 4.99 Å². The van der Waals surface area contributed by atoms with Gasteiger partial charge in [-0.05, 0) is 12.5 Å². The number of guanidine groups is 1. The summed E-state index contributed by atoms with van der Waals surface area (Å²) >= 11 is 0. The van der Waals surface area contributed by atoms with E-state index in [1.807, 2.05) is 37.1 Å². The first-order chi connectivity index (χ1) is 9.92. The fraction of sp³-hybridized carbons (Fsp3) is 0.500. The lowest BCUT2D eigenvalue weighted by atomic mass is 10.2. The SMILES string of the molecule is CCNC(=NCCNS(C)(=O)=O)N(C)Cc1ccccc1. The van der Waals surface area contributed by atoms with Crippen LogP contribution in [0.25, 0.3) is 0 Å². The van der Waals surface area contributed by atoms with Gasteiger partial charge in [0.05, 0.1) is 12.8 Å². The van der Waals surface area contributed by atoms with Crippen LogP contribution in [0.5, 0.6) is 0 Å². The molecule has 0 saturated heterocycles. The van der Waals surface area contributed by atoms with E-state index in [1.165, 1.54) is 5.56 Å². The molecule has 0 aliphatic carbocycles. The maximum absolute atomic E-state index is 11.0. The molecule has 118 valence electrons. The van der Waals surface area contributed by atoms with E-state index in [0.29, 0.717) is 13.1 Å². The van der Waals surface area contributed by atoms with E-state index in [1.54, 1.807) is 0 Å². The number of hydrogen-bond acceptors (Lipinski definition) is 3. The Kier molecular flexibility index (Phi) is 7.18. The van der Waals surface area contributed by atoms with Gasteiger partial charge in [-0.25, -0.2) is 13.1 Å². The molecule has 1 rings (SSSR count). The third-order valence-electron chi connectivity index (χ3n) is 2.70. The van der Waals surface area contributed by atoms with Crippen LogP contribution in [0.4, 0.5) is 0 Å². The van der Waals surface area contributed by atoms with Crippen molar-refractivity contribution in [3.05, 3.63) is 35.9 Å². The Morgan fingerprint density at radius 2 is 1.95 bits per heavy atom. The Hall–Kier alpha value is -1.60. The molecule has 0 aliphatic heterocycles. The van der Waals surface area contributed by atoms with Crippen LogP contribution < -0.4 is 10.0 Å². The van der Waals surface area contributed by atoms with Gasteiger partial charge in [-0.2, -0.15) is 0 Å². The predicted molar refractivity (Wildman–Crippen MR) is 86.7 cm³/mol. The Balaban J connectivity index is 2.58. The molecule has 0 aliphatic rings. The fourth-order valence-electron chi connectivity index (χ4n) is 1.79. The zero-order valence-corrected chi connectivity index (χ0v) is 13.7. The smallest absolute Gasteiger partial charge is 0.208 e. The van der Waals surface area contributed by atoms with E-state index < -0.39 is 10.0 Å². The molecule has 0 aromatic heterocycles. The van der Waals surface area contributed by atoms with Crippen LogP contribution in [0.1, 0.15) is 12.5 Å². The van der Waals surface area contributed by atoms with Crippen molar-refractivity contribution in [2.24, 2.45) is 4.99 Å². The highest BCUT2D eigenvalue weighted by molar-refractivity contribution is 7.88. The van der Waals surface area contributed by atoms with Crippen LogP contribution in [0.15, 0.2) is 35.3 Å². The first-order valence-corrected chi connectivity index (χ1v) is 8.79. The summed E-state index contributed by atoms with van der Waals surface area (Å²) in [5.74, 6) is 0.761. The monoisotopic (exact) mass is 312 g/mol. The number of aliphatic imine (C=N–C) groups is 1. The van der Waals surface area contributed by atoms with Gasteiger partial charge in [-0.15, -0.1) is 0 Å². The van der Waals surface area contributed by atoms with E-state index in [4.69, 9.17) is 0 Å². The average molecular weight is 312 g/mol. The van der Waals surface area contributed by atoms with E-state index >= 15 is 0 Å². The summed E-state index contributed by atoms with van der Waals surface area (Å²) in [7, 11) is -1.20. The minimum absolute atomic E-state index is 0.299. The average Bonchev–Trinajstić information content (AvgIpc) is 2.42. The van der Waals surface area contributed by atoms with Crippen molar-refractivity contribution >= 4 is 16.0 Å². The van der Waals surface area contributed by atoms with Crippen molar-refractivity contribution in [1.29, 1.82) is 0 Å². The summed E-state index contributed by atoms with van der Waals surface area (Å²) in [6.45, 7) is 4.20. The lowest BCUT2D eigenvalue weighted by Crippen LogP contribution is -2.39. The lowest BCUT2D eigenvalue weighted by molar-refractivity contribution is 0.477. The molecule has 21 heavy (non-hydrogen) atoms. The molecule has 6 nitrogen and oxygen atoms in total. The van der Waals surface area contributed by atoms with E-state index in [9.17, 15) is 8.42 Å². The Bertz CT molecular complexity index is 543. The first-order valence-electron chi connectivity index (χ1n) is 6.90. The molecule has 0 unspecified atom stereocenters. The van der Waals surface area contributed by atoms with Gasteiger partial charge < -0.3 is 10.2 Å². The zero-order valence-electron chi connectivity index (χ0n) is 12.8. The van der Waals surface area contributed by atoms with Gasteiger partial charge in [0.25, 0.3) is 0 Å². The van der Waals surface area contributed by atoms with Gasteiger partial charge in [-0.1, -0.05) is 30.3 Å². The molecule has 0 amide bonds. The maximum Gasteiger partial charge on any atom is 0.208 e. The molecule has 0 radical (unpaired) electrons. The molecule has 2 N–H and O–H groups in total. The zero-order chi connectivity index (χ0) is 15.7. The van der Waals surface area contributed by atoms with Crippen LogP contribution in [0, 0.1) is 0 Å². The standard InChI is InChI=1S/C14H24N4O2S/c1-4-15-14(16-10-11-17-21(3,19)20)18(2)12-13-8-6-5-7-9-13/h5-9,17H,4,10-12H2,1-3H3,(H,15,16). The molecule has 0 atom stereocenters. The van der Waals surface area contributed by atoms with Crippen LogP contribution in [-0.4, -0.2) is 52.2 Å². The number of hydrogen-bond donors (Lipinski definition) is 2. The maximum atomic E-state index is 11.0. The van der Waals surface area contributed by atoms with Crippen LogP contribution in [0.2, 0.25) is 0 Å². The molecule has 0 bridgehead atoms. The second kappa shape index (κ2) is 8.63. The molecule has 0 spiro atoms. The highest BCUT2D eigenvalue weighted by Crippen LogP contribution is 2.02. The number of nitrogens with one attached hydrogen (secondary N) is 2. The number of sulfonamides is 1. The van der Waals surface area contributed by atoms with Crippen molar-refractivity contribution in [2.75, 3.05) is 32.9 Å². The molecule has 1 aromatic rings. The molecule has 0 heterocycles. The fourth-order valence-corrected chi connectivity index (χ4v) is 2.26. The third kappa shape index (κ3) is 7.67. The number of nitrogens with zero attached hydrogens (tertiary/aromatic N) is 2. The predicted octanol–water partition coefficient (Wildman–Crippen LogP) is 0.633. The van der Waals surface area contributed by atoms with Gasteiger partial charge in [0, 0.05) is 26.7 Å². The highest BCUT2D eigenvalue weighted by atomic mass is 32.2. The van der Waals surface area contributed by atoms with Crippen molar-refractivity contribution in [3.8, 4) is 0 Å². The topological polar surface area (TPSA) is 73.8 Å². The second-order valence-corrected chi connectivity index (χ2v) is 6.58. The Morgan fingerprint density at radius 1 is 1.29 bits per heavy atom. The van der Waals surface area contributed by atoms with E-state index in [2.05, 4.69) is 27.2 Å². The molecular weight excluding hydrogens is 288 g/mol. The summed E-state index contributed by atoms with van der Waals surface area (Å²) < 4.78 is 24.4. The van der Waals surface area contributed by atoms with E-state index in [-0.39, 0.29) is 0 Å². The lowest BCUT2D eigenvalue weighted by Gasteiger charge is -2.22. The molecule has 0 saturated carbocycles. The van der Waals surface area contributed by atoms with Crippen LogP contribution >= 0.6 is 0 Å². The van der Waals surface area contributed by atoms with Gasteiger partial charge in [0.15, 0.2) is 5.96 Å². The quantitative estimate of drug-likeness (QED) is 0.440. The summed E-state index contributed by atoms with van der Waals surface area (Å²) in [5.41, 5.74) is 1.19. The van der Waals surface area contributed by atoms with Crippen molar-refractivity contribution < 1.29 is 8.42 Å². The summed E-state index contributed by atoms with van der Waals surface area (Å²) in [6.07, 6.45) is 1.14. The third-order valence-corrected chi connectivity index (χ3v) is 3.43. The molecule has 1 aromatic carbocycles. The minimum atomic E-state index is -3.16. The number of benzene rings is 1. The minimum Gasteiger partial charge on any atom is -0.357 e. The van der Waals surface area contributed by atoms with Crippen LogP contribution in [0.3, 0.4) is 0 Å². The van der Waals surface area contributed by atoms with Crippen molar-refractivity contribution in [2.45, 2.75) is 13.5 Å². The molecule has 7 heteroatoms. The summed E-state index contributed by atoms with van der Waals surface area (Å²) in [4.78, 5) is 6.43. The highest BCUT2D eigenvalue weighted by Gasteiger charge is 2.06. The van der Waals surface area contributed by atoms with Crippen LogP contribution in [-0.2, 0) is 16.6 Å². The molecule has 0 fully saturated rings. The summed E-state index contributed by atoms with van der Waals surface area (Å²) in [6, 6.07) is 10.1. The first kappa shape index (κ1) is 17.5. The summed E-state index contributed by atoms with van der Waals surface area (Å²) in [5, 5.41) is 3.20. The van der Waals surface area contributed by atoms with Crippen molar-refractivity contribution in [3.63, 3.8) is 0 Å². The normalized spacial score (nSPS) is 12.2. The second-order valence-electron chi connectivity index (χ2n) is 4.74. The largest absolute Gasteiger partial charge is 0.357 e. The number of rotatable bonds is 7. The molecular formula is C14H24N4O2S. The Morgan fingerprint density at radius 3 is 2.52 bits per heavy atom.